The molecular weight excluding hydrogens is 256 g/mol. The van der Waals surface area contributed by atoms with E-state index in [1.807, 2.05) is 6.92 Å². The quantitative estimate of drug-likeness (QED) is 0.602. The minimum atomic E-state index is -0.794. The maximum absolute atomic E-state index is 11.9. The van der Waals surface area contributed by atoms with Crippen LogP contribution in [-0.2, 0) is 9.53 Å². The largest absolute Gasteiger partial charge is 0.480 e. The molecule has 1 atom stereocenters. The van der Waals surface area contributed by atoms with Gasteiger partial charge in [0, 0.05) is 26.7 Å². The molecule has 1 aliphatic carbocycles. The van der Waals surface area contributed by atoms with E-state index in [9.17, 15) is 9.90 Å². The molecule has 20 heavy (non-hydrogen) atoms. The van der Waals surface area contributed by atoms with Gasteiger partial charge in [0.15, 0.2) is 0 Å². The molecular formula is C15H30N2O3. The highest BCUT2D eigenvalue weighted by Gasteiger charge is 2.51. The second-order valence-corrected chi connectivity index (χ2v) is 6.20. The van der Waals surface area contributed by atoms with Gasteiger partial charge in [0.2, 0.25) is 0 Å². The monoisotopic (exact) mass is 286 g/mol. The van der Waals surface area contributed by atoms with Gasteiger partial charge in [-0.05, 0) is 31.2 Å². The van der Waals surface area contributed by atoms with Crippen LogP contribution in [0, 0.1) is 11.8 Å². The average Bonchev–Trinajstić information content (AvgIpc) is 3.18. The molecule has 0 aromatic heterocycles. The van der Waals surface area contributed by atoms with Crippen molar-refractivity contribution in [2.24, 2.45) is 11.8 Å². The molecule has 0 bridgehead atoms. The summed E-state index contributed by atoms with van der Waals surface area (Å²) in [6.07, 6.45) is 2.03. The van der Waals surface area contributed by atoms with E-state index in [0.29, 0.717) is 25.6 Å². The summed E-state index contributed by atoms with van der Waals surface area (Å²) in [4.78, 5) is 14.1. The van der Waals surface area contributed by atoms with Crippen LogP contribution in [0.15, 0.2) is 0 Å². The van der Waals surface area contributed by atoms with Gasteiger partial charge < -0.3 is 15.2 Å². The van der Waals surface area contributed by atoms with E-state index in [1.54, 1.807) is 7.11 Å². The van der Waals surface area contributed by atoms with Gasteiger partial charge in [0.05, 0.1) is 6.61 Å². The molecule has 0 radical (unpaired) electrons. The minimum Gasteiger partial charge on any atom is -0.480 e. The lowest BCUT2D eigenvalue weighted by Gasteiger charge is -2.36. The SMILES string of the molecule is CCNC(CN(CCOC)CC(C)C)(C(=O)O)C1CC1. The van der Waals surface area contributed by atoms with E-state index in [-0.39, 0.29) is 5.92 Å². The zero-order valence-electron chi connectivity index (χ0n) is 13.3. The van der Waals surface area contributed by atoms with Crippen molar-refractivity contribution >= 4 is 5.97 Å². The lowest BCUT2D eigenvalue weighted by Crippen LogP contribution is -2.61. The topological polar surface area (TPSA) is 61.8 Å². The molecule has 118 valence electrons. The molecule has 0 amide bonds. The average molecular weight is 286 g/mol. The Bertz CT molecular complexity index is 305. The minimum absolute atomic E-state index is 0.261. The van der Waals surface area contributed by atoms with Crippen molar-refractivity contribution in [3.63, 3.8) is 0 Å². The predicted molar refractivity (Wildman–Crippen MR) is 79.9 cm³/mol. The van der Waals surface area contributed by atoms with Crippen molar-refractivity contribution in [2.75, 3.05) is 39.9 Å². The summed E-state index contributed by atoms with van der Waals surface area (Å²) in [5, 5.41) is 13.0. The van der Waals surface area contributed by atoms with Crippen molar-refractivity contribution in [3.05, 3.63) is 0 Å². The molecule has 2 N–H and O–H groups in total. The van der Waals surface area contributed by atoms with E-state index in [4.69, 9.17) is 4.74 Å². The normalized spacial score (nSPS) is 18.5. The summed E-state index contributed by atoms with van der Waals surface area (Å²) in [6, 6.07) is 0. The Morgan fingerprint density at radius 2 is 2.15 bits per heavy atom. The number of hydrogen-bond donors (Lipinski definition) is 2. The Morgan fingerprint density at radius 3 is 2.55 bits per heavy atom. The van der Waals surface area contributed by atoms with Gasteiger partial charge >= 0.3 is 5.97 Å². The van der Waals surface area contributed by atoms with Gasteiger partial charge in [0.25, 0.3) is 0 Å². The number of hydrogen-bond acceptors (Lipinski definition) is 4. The van der Waals surface area contributed by atoms with Gasteiger partial charge in [-0.3, -0.25) is 9.69 Å². The first kappa shape index (κ1) is 17.4. The molecule has 1 unspecified atom stereocenters. The van der Waals surface area contributed by atoms with Crippen LogP contribution in [-0.4, -0.2) is 61.4 Å². The van der Waals surface area contributed by atoms with E-state index in [2.05, 4.69) is 24.1 Å². The highest BCUT2D eigenvalue weighted by atomic mass is 16.5. The highest BCUT2D eigenvalue weighted by molar-refractivity contribution is 5.80. The standard InChI is InChI=1S/C15H30N2O3/c1-5-16-15(14(18)19,13-6-7-13)11-17(8-9-20-4)10-12(2)3/h12-13,16H,5-11H2,1-4H3,(H,18,19). The zero-order chi connectivity index (χ0) is 15.2. The number of likely N-dealkylation sites (N-methyl/N-ethyl adjacent to an activating group) is 1. The van der Waals surface area contributed by atoms with Crippen molar-refractivity contribution in [3.8, 4) is 0 Å². The first-order valence-corrected chi connectivity index (χ1v) is 7.66. The fraction of sp³-hybridized carbons (Fsp3) is 0.933. The molecule has 0 aromatic rings. The number of methoxy groups -OCH3 is 1. The van der Waals surface area contributed by atoms with E-state index in [1.165, 1.54) is 0 Å². The Kier molecular flexibility index (Phi) is 6.92. The van der Waals surface area contributed by atoms with Crippen LogP contribution < -0.4 is 5.32 Å². The second-order valence-electron chi connectivity index (χ2n) is 6.20. The number of rotatable bonds is 11. The number of carbonyl (C=O) groups is 1. The summed E-state index contributed by atoms with van der Waals surface area (Å²) in [6.45, 7) is 9.85. The van der Waals surface area contributed by atoms with Crippen molar-refractivity contribution in [2.45, 2.75) is 39.2 Å². The summed E-state index contributed by atoms with van der Waals surface area (Å²) in [7, 11) is 1.68. The number of carboxylic acids is 1. The molecule has 0 heterocycles. The first-order valence-electron chi connectivity index (χ1n) is 7.66. The maximum Gasteiger partial charge on any atom is 0.325 e. The van der Waals surface area contributed by atoms with Gasteiger partial charge in [-0.2, -0.15) is 0 Å². The molecule has 1 aliphatic rings. The van der Waals surface area contributed by atoms with Gasteiger partial charge in [-0.1, -0.05) is 20.8 Å². The number of aliphatic carboxylic acids is 1. The second kappa shape index (κ2) is 7.96. The highest BCUT2D eigenvalue weighted by Crippen LogP contribution is 2.40. The molecule has 5 heteroatoms. The zero-order valence-corrected chi connectivity index (χ0v) is 13.3. The number of carboxylic acid groups (broad SMARTS) is 1. The number of ether oxygens (including phenoxy) is 1. The molecule has 5 nitrogen and oxygen atoms in total. The third-order valence-corrected chi connectivity index (χ3v) is 3.86. The summed E-state index contributed by atoms with van der Waals surface area (Å²) < 4.78 is 5.16. The van der Waals surface area contributed by atoms with E-state index < -0.39 is 11.5 Å². The summed E-state index contributed by atoms with van der Waals surface area (Å²) >= 11 is 0. The molecule has 1 rings (SSSR count). The van der Waals surface area contributed by atoms with Crippen LogP contribution in [0.1, 0.15) is 33.6 Å². The first-order chi connectivity index (χ1) is 9.46. The van der Waals surface area contributed by atoms with Crippen LogP contribution in [0.4, 0.5) is 0 Å². The Hall–Kier alpha value is -0.650. The van der Waals surface area contributed by atoms with Crippen molar-refractivity contribution in [1.29, 1.82) is 0 Å². The van der Waals surface area contributed by atoms with Crippen LogP contribution in [0.25, 0.3) is 0 Å². The molecule has 0 saturated heterocycles. The van der Waals surface area contributed by atoms with Crippen LogP contribution in [0.5, 0.6) is 0 Å². The van der Waals surface area contributed by atoms with Gasteiger partial charge in [-0.15, -0.1) is 0 Å². The van der Waals surface area contributed by atoms with Crippen molar-refractivity contribution in [1.82, 2.24) is 10.2 Å². The lowest BCUT2D eigenvalue weighted by atomic mass is 9.91. The Labute approximate surface area is 122 Å². The summed E-state index contributed by atoms with van der Waals surface area (Å²) in [5.41, 5.74) is -0.794. The molecule has 0 aliphatic heterocycles. The van der Waals surface area contributed by atoms with Crippen LogP contribution in [0.2, 0.25) is 0 Å². The molecule has 1 fully saturated rings. The smallest absolute Gasteiger partial charge is 0.325 e. The lowest BCUT2D eigenvalue weighted by molar-refractivity contribution is -0.147. The van der Waals surface area contributed by atoms with Crippen LogP contribution in [0.3, 0.4) is 0 Å². The Balaban J connectivity index is 2.79. The van der Waals surface area contributed by atoms with Crippen molar-refractivity contribution < 1.29 is 14.6 Å². The predicted octanol–water partition coefficient (Wildman–Crippen LogP) is 1.43. The maximum atomic E-state index is 11.9. The van der Waals surface area contributed by atoms with Crippen LogP contribution >= 0.6 is 0 Å². The number of nitrogens with one attached hydrogen (secondary N) is 1. The van der Waals surface area contributed by atoms with E-state index in [0.717, 1.165) is 25.9 Å². The molecule has 0 aromatic carbocycles. The number of nitrogens with zero attached hydrogens (tertiary/aromatic N) is 1. The fourth-order valence-corrected chi connectivity index (χ4v) is 2.86. The fourth-order valence-electron chi connectivity index (χ4n) is 2.86. The summed E-state index contributed by atoms with van der Waals surface area (Å²) in [5.74, 6) is 0.0596. The third kappa shape index (κ3) is 4.72. The van der Waals surface area contributed by atoms with Gasteiger partial charge in [0.1, 0.15) is 5.54 Å². The van der Waals surface area contributed by atoms with Gasteiger partial charge in [-0.25, -0.2) is 0 Å². The van der Waals surface area contributed by atoms with E-state index >= 15 is 0 Å². The third-order valence-electron chi connectivity index (χ3n) is 3.86. The Morgan fingerprint density at radius 1 is 1.50 bits per heavy atom. The molecule has 0 spiro atoms. The molecule has 1 saturated carbocycles.